The first-order valence-corrected chi connectivity index (χ1v) is 4.95. The predicted molar refractivity (Wildman–Crippen MR) is 51.0 cm³/mol. The Morgan fingerprint density at radius 2 is 2.33 bits per heavy atom. The molecule has 3 unspecified atom stereocenters. The van der Waals surface area contributed by atoms with Crippen LogP contribution in [0.15, 0.2) is 0 Å². The van der Waals surface area contributed by atoms with Crippen molar-refractivity contribution in [3.8, 4) is 0 Å². The van der Waals surface area contributed by atoms with Crippen LogP contribution in [0.5, 0.6) is 0 Å². The SMILES string of the molecule is CCC(C)C(C)(N)C1CCOC1. The lowest BCUT2D eigenvalue weighted by Crippen LogP contribution is -2.49. The van der Waals surface area contributed by atoms with Gasteiger partial charge in [0.05, 0.1) is 6.61 Å². The summed E-state index contributed by atoms with van der Waals surface area (Å²) >= 11 is 0. The summed E-state index contributed by atoms with van der Waals surface area (Å²) in [6.07, 6.45) is 2.29. The van der Waals surface area contributed by atoms with E-state index in [0.717, 1.165) is 26.1 Å². The van der Waals surface area contributed by atoms with E-state index in [9.17, 15) is 0 Å². The van der Waals surface area contributed by atoms with Crippen LogP contribution in [0.3, 0.4) is 0 Å². The molecule has 0 aromatic carbocycles. The lowest BCUT2D eigenvalue weighted by atomic mass is 9.75. The van der Waals surface area contributed by atoms with E-state index in [0.29, 0.717) is 11.8 Å². The first-order valence-electron chi connectivity index (χ1n) is 4.95. The molecule has 1 rings (SSSR count). The zero-order valence-electron chi connectivity index (χ0n) is 8.47. The van der Waals surface area contributed by atoms with Crippen LogP contribution in [0.4, 0.5) is 0 Å². The largest absolute Gasteiger partial charge is 0.381 e. The Morgan fingerprint density at radius 1 is 1.67 bits per heavy atom. The van der Waals surface area contributed by atoms with Crippen molar-refractivity contribution in [1.82, 2.24) is 0 Å². The van der Waals surface area contributed by atoms with Gasteiger partial charge in [-0.2, -0.15) is 0 Å². The predicted octanol–water partition coefficient (Wildman–Crippen LogP) is 1.79. The number of ether oxygens (including phenoxy) is 1. The molecule has 1 saturated heterocycles. The maximum absolute atomic E-state index is 6.30. The fourth-order valence-electron chi connectivity index (χ4n) is 1.87. The molecule has 0 bridgehead atoms. The van der Waals surface area contributed by atoms with Crippen molar-refractivity contribution in [2.45, 2.75) is 39.2 Å². The molecule has 0 aliphatic carbocycles. The molecule has 2 N–H and O–H groups in total. The maximum atomic E-state index is 6.30. The van der Waals surface area contributed by atoms with Gasteiger partial charge in [0.1, 0.15) is 0 Å². The molecule has 72 valence electrons. The van der Waals surface area contributed by atoms with Crippen LogP contribution in [-0.2, 0) is 4.74 Å². The third kappa shape index (κ3) is 1.80. The van der Waals surface area contributed by atoms with E-state index >= 15 is 0 Å². The van der Waals surface area contributed by atoms with Crippen molar-refractivity contribution in [2.75, 3.05) is 13.2 Å². The fourth-order valence-corrected chi connectivity index (χ4v) is 1.87. The molecule has 3 atom stereocenters. The van der Waals surface area contributed by atoms with E-state index in [-0.39, 0.29) is 5.54 Å². The van der Waals surface area contributed by atoms with Gasteiger partial charge < -0.3 is 10.5 Å². The van der Waals surface area contributed by atoms with Gasteiger partial charge >= 0.3 is 0 Å². The van der Waals surface area contributed by atoms with Crippen LogP contribution >= 0.6 is 0 Å². The Morgan fingerprint density at radius 3 is 2.75 bits per heavy atom. The number of hydrogen-bond acceptors (Lipinski definition) is 2. The minimum absolute atomic E-state index is 0.0365. The second-order valence-electron chi connectivity index (χ2n) is 4.24. The Labute approximate surface area is 75.5 Å². The monoisotopic (exact) mass is 171 g/mol. The molecule has 0 amide bonds. The average molecular weight is 171 g/mol. The Balaban J connectivity index is 2.56. The molecule has 0 radical (unpaired) electrons. The summed E-state index contributed by atoms with van der Waals surface area (Å²) in [6, 6.07) is 0. The Bertz CT molecular complexity index is 139. The lowest BCUT2D eigenvalue weighted by Gasteiger charge is -2.36. The van der Waals surface area contributed by atoms with Gasteiger partial charge in [-0.25, -0.2) is 0 Å². The normalized spacial score (nSPS) is 31.5. The zero-order valence-corrected chi connectivity index (χ0v) is 8.47. The molecule has 1 aliphatic rings. The fraction of sp³-hybridized carbons (Fsp3) is 1.00. The molecule has 0 spiro atoms. The molecule has 12 heavy (non-hydrogen) atoms. The van der Waals surface area contributed by atoms with Crippen molar-refractivity contribution in [3.05, 3.63) is 0 Å². The van der Waals surface area contributed by atoms with Crippen LogP contribution in [-0.4, -0.2) is 18.8 Å². The highest BCUT2D eigenvalue weighted by Crippen LogP contribution is 2.31. The third-order valence-electron chi connectivity index (χ3n) is 3.48. The topological polar surface area (TPSA) is 35.2 Å². The molecular formula is C10H21NO. The Hall–Kier alpha value is -0.0800. The van der Waals surface area contributed by atoms with E-state index in [2.05, 4.69) is 20.8 Å². The summed E-state index contributed by atoms with van der Waals surface area (Å²) in [6.45, 7) is 8.36. The minimum atomic E-state index is -0.0365. The van der Waals surface area contributed by atoms with Crippen molar-refractivity contribution in [3.63, 3.8) is 0 Å². The quantitative estimate of drug-likeness (QED) is 0.702. The van der Waals surface area contributed by atoms with Crippen molar-refractivity contribution in [1.29, 1.82) is 0 Å². The molecule has 0 aromatic rings. The molecular weight excluding hydrogens is 150 g/mol. The van der Waals surface area contributed by atoms with Gasteiger partial charge in [0.25, 0.3) is 0 Å². The summed E-state index contributed by atoms with van der Waals surface area (Å²) in [5, 5.41) is 0. The van der Waals surface area contributed by atoms with E-state index in [1.54, 1.807) is 0 Å². The summed E-state index contributed by atoms with van der Waals surface area (Å²) < 4.78 is 5.36. The summed E-state index contributed by atoms with van der Waals surface area (Å²) in [5.41, 5.74) is 6.26. The van der Waals surface area contributed by atoms with E-state index in [1.165, 1.54) is 0 Å². The van der Waals surface area contributed by atoms with E-state index in [1.807, 2.05) is 0 Å². The van der Waals surface area contributed by atoms with Crippen molar-refractivity contribution in [2.24, 2.45) is 17.6 Å². The van der Waals surface area contributed by atoms with Gasteiger partial charge in [-0.1, -0.05) is 20.3 Å². The highest BCUT2D eigenvalue weighted by atomic mass is 16.5. The first-order chi connectivity index (χ1) is 5.59. The second kappa shape index (κ2) is 3.75. The van der Waals surface area contributed by atoms with Gasteiger partial charge in [0, 0.05) is 18.1 Å². The molecule has 1 fully saturated rings. The van der Waals surface area contributed by atoms with Gasteiger partial charge in [-0.05, 0) is 19.3 Å². The van der Waals surface area contributed by atoms with Crippen molar-refractivity contribution < 1.29 is 4.74 Å². The highest BCUT2D eigenvalue weighted by molar-refractivity contribution is 4.92. The minimum Gasteiger partial charge on any atom is -0.381 e. The van der Waals surface area contributed by atoms with Gasteiger partial charge in [-0.15, -0.1) is 0 Å². The van der Waals surface area contributed by atoms with E-state index < -0.39 is 0 Å². The maximum Gasteiger partial charge on any atom is 0.0512 e. The van der Waals surface area contributed by atoms with Crippen LogP contribution in [0.25, 0.3) is 0 Å². The number of rotatable bonds is 3. The first kappa shape index (κ1) is 10.0. The van der Waals surface area contributed by atoms with Crippen LogP contribution in [0.2, 0.25) is 0 Å². The smallest absolute Gasteiger partial charge is 0.0512 e. The van der Waals surface area contributed by atoms with Crippen LogP contribution < -0.4 is 5.73 Å². The number of nitrogens with two attached hydrogens (primary N) is 1. The number of hydrogen-bond donors (Lipinski definition) is 1. The van der Waals surface area contributed by atoms with Crippen molar-refractivity contribution >= 4 is 0 Å². The molecule has 1 aliphatic heterocycles. The van der Waals surface area contributed by atoms with Gasteiger partial charge in [0.2, 0.25) is 0 Å². The van der Waals surface area contributed by atoms with Gasteiger partial charge in [-0.3, -0.25) is 0 Å². The highest BCUT2D eigenvalue weighted by Gasteiger charge is 2.36. The lowest BCUT2D eigenvalue weighted by molar-refractivity contribution is 0.144. The Kier molecular flexibility index (Phi) is 3.13. The van der Waals surface area contributed by atoms with Crippen LogP contribution in [0.1, 0.15) is 33.6 Å². The van der Waals surface area contributed by atoms with E-state index in [4.69, 9.17) is 10.5 Å². The summed E-state index contributed by atoms with van der Waals surface area (Å²) in [4.78, 5) is 0. The standard InChI is InChI=1S/C10H21NO/c1-4-8(2)10(3,11)9-5-6-12-7-9/h8-9H,4-7,11H2,1-3H3. The summed E-state index contributed by atoms with van der Waals surface area (Å²) in [7, 11) is 0. The zero-order chi connectivity index (χ0) is 9.19. The second-order valence-corrected chi connectivity index (χ2v) is 4.24. The average Bonchev–Trinajstić information content (AvgIpc) is 2.55. The molecule has 2 nitrogen and oxygen atoms in total. The van der Waals surface area contributed by atoms with Crippen LogP contribution in [0, 0.1) is 11.8 Å². The molecule has 0 aromatic heterocycles. The summed E-state index contributed by atoms with van der Waals surface area (Å²) in [5.74, 6) is 1.15. The van der Waals surface area contributed by atoms with Gasteiger partial charge in [0.15, 0.2) is 0 Å². The molecule has 1 heterocycles. The third-order valence-corrected chi connectivity index (χ3v) is 3.48. The molecule has 2 heteroatoms. The molecule has 0 saturated carbocycles.